The van der Waals surface area contributed by atoms with Crippen LogP contribution in [0.4, 0.5) is 0 Å². The summed E-state index contributed by atoms with van der Waals surface area (Å²) >= 11 is 1.25. The van der Waals surface area contributed by atoms with E-state index in [9.17, 15) is 14.4 Å². The van der Waals surface area contributed by atoms with E-state index in [0.717, 1.165) is 0 Å². The van der Waals surface area contributed by atoms with Gasteiger partial charge in [-0.1, -0.05) is 12.1 Å². The number of hydrogen-bond donors (Lipinski definition) is 3. The molecule has 0 aliphatic carbocycles. The second-order valence-electron chi connectivity index (χ2n) is 4.39. The van der Waals surface area contributed by atoms with Crippen LogP contribution in [0, 0.1) is 0 Å². The van der Waals surface area contributed by atoms with Gasteiger partial charge in [-0.15, -0.1) is 11.8 Å². The average molecular weight is 323 g/mol. The van der Waals surface area contributed by atoms with E-state index in [1.165, 1.54) is 35.0 Å². The number of hydrogen-bond acceptors (Lipinski definition) is 6. The molecule has 1 aliphatic rings. The number of hydrazone groups is 1. The molecule has 1 aromatic carbocycles. The van der Waals surface area contributed by atoms with E-state index in [-0.39, 0.29) is 23.8 Å². The summed E-state index contributed by atoms with van der Waals surface area (Å²) in [6.07, 6.45) is 1.47. The monoisotopic (exact) mass is 323 g/mol. The molecule has 1 unspecified atom stereocenters. The van der Waals surface area contributed by atoms with Crippen LogP contribution in [0.1, 0.15) is 15.9 Å². The SMILES string of the molecule is O=C(O)CN1C(=O)CSC1N/N=C/c1ccc(C(=O)O)cc1. The molecule has 0 radical (unpaired) electrons. The largest absolute Gasteiger partial charge is 0.480 e. The normalized spacial score (nSPS) is 17.9. The Morgan fingerprint density at radius 3 is 2.64 bits per heavy atom. The molecule has 0 saturated carbocycles. The van der Waals surface area contributed by atoms with Crippen LogP contribution in [-0.4, -0.2) is 57.0 Å². The molecule has 0 spiro atoms. The molecular formula is C13H13N3O5S. The van der Waals surface area contributed by atoms with E-state index in [0.29, 0.717) is 5.56 Å². The van der Waals surface area contributed by atoms with Gasteiger partial charge in [0.2, 0.25) is 5.91 Å². The summed E-state index contributed by atoms with van der Waals surface area (Å²) in [4.78, 5) is 34.2. The highest BCUT2D eigenvalue weighted by atomic mass is 32.2. The zero-order valence-electron chi connectivity index (χ0n) is 11.3. The standard InChI is InChI=1S/C13H13N3O5S/c17-10-7-22-13(16(10)6-11(18)19)15-14-5-8-1-3-9(4-2-8)12(20)21/h1-5,13,15H,6-7H2,(H,18,19)(H,20,21)/b14-5+. The molecule has 3 N–H and O–H groups in total. The molecule has 8 nitrogen and oxygen atoms in total. The van der Waals surface area contributed by atoms with E-state index in [4.69, 9.17) is 10.2 Å². The Balaban J connectivity index is 1.95. The van der Waals surface area contributed by atoms with Crippen LogP contribution in [0.15, 0.2) is 29.4 Å². The van der Waals surface area contributed by atoms with Gasteiger partial charge in [-0.2, -0.15) is 5.10 Å². The maximum absolute atomic E-state index is 11.5. The number of nitrogens with zero attached hydrogens (tertiary/aromatic N) is 2. The highest BCUT2D eigenvalue weighted by molar-refractivity contribution is 8.00. The smallest absolute Gasteiger partial charge is 0.335 e. The number of benzene rings is 1. The molecule has 9 heteroatoms. The van der Waals surface area contributed by atoms with Gasteiger partial charge in [-0.25, -0.2) is 4.79 Å². The van der Waals surface area contributed by atoms with Crippen LogP contribution >= 0.6 is 11.8 Å². The fourth-order valence-electron chi connectivity index (χ4n) is 1.76. The van der Waals surface area contributed by atoms with Crippen LogP contribution < -0.4 is 5.43 Å². The third-order valence-electron chi connectivity index (χ3n) is 2.83. The summed E-state index contributed by atoms with van der Waals surface area (Å²) in [7, 11) is 0. The quantitative estimate of drug-likeness (QED) is 0.507. The second kappa shape index (κ2) is 6.94. The van der Waals surface area contributed by atoms with Crippen molar-refractivity contribution in [3.63, 3.8) is 0 Å². The Labute approximate surface area is 129 Å². The maximum Gasteiger partial charge on any atom is 0.335 e. The van der Waals surface area contributed by atoms with Gasteiger partial charge >= 0.3 is 11.9 Å². The van der Waals surface area contributed by atoms with E-state index < -0.39 is 17.4 Å². The van der Waals surface area contributed by atoms with Gasteiger partial charge in [0.1, 0.15) is 6.54 Å². The number of carbonyl (C=O) groups excluding carboxylic acids is 1. The number of carbonyl (C=O) groups is 3. The lowest BCUT2D eigenvalue weighted by Gasteiger charge is -2.20. The molecule has 1 amide bonds. The first-order valence-electron chi connectivity index (χ1n) is 6.22. The van der Waals surface area contributed by atoms with Crippen molar-refractivity contribution in [2.45, 2.75) is 5.50 Å². The molecule has 116 valence electrons. The van der Waals surface area contributed by atoms with Crippen molar-refractivity contribution in [3.8, 4) is 0 Å². The molecule has 1 heterocycles. The predicted molar refractivity (Wildman–Crippen MR) is 79.7 cm³/mol. The number of carboxylic acids is 2. The van der Waals surface area contributed by atoms with Crippen LogP contribution in [0.2, 0.25) is 0 Å². The maximum atomic E-state index is 11.5. The van der Waals surface area contributed by atoms with Gasteiger partial charge in [0, 0.05) is 0 Å². The fraction of sp³-hybridized carbons (Fsp3) is 0.231. The summed E-state index contributed by atoms with van der Waals surface area (Å²) in [5.74, 6) is -2.15. The molecule has 22 heavy (non-hydrogen) atoms. The molecule has 1 aliphatic heterocycles. The molecule has 1 saturated heterocycles. The van der Waals surface area contributed by atoms with Crippen molar-refractivity contribution in [1.29, 1.82) is 0 Å². The van der Waals surface area contributed by atoms with E-state index in [2.05, 4.69) is 10.5 Å². The molecular weight excluding hydrogens is 310 g/mol. The van der Waals surface area contributed by atoms with Gasteiger partial charge in [0.15, 0.2) is 5.50 Å². The first kappa shape index (κ1) is 15.8. The Bertz CT molecular complexity index is 617. The van der Waals surface area contributed by atoms with Gasteiger partial charge in [0.05, 0.1) is 17.5 Å². The topological polar surface area (TPSA) is 119 Å². The van der Waals surface area contributed by atoms with E-state index >= 15 is 0 Å². The van der Waals surface area contributed by atoms with Gasteiger partial charge in [-0.05, 0) is 17.7 Å². The number of carboxylic acid groups (broad SMARTS) is 2. The number of aromatic carboxylic acids is 1. The Morgan fingerprint density at radius 2 is 2.05 bits per heavy atom. The minimum Gasteiger partial charge on any atom is -0.480 e. The zero-order valence-corrected chi connectivity index (χ0v) is 12.1. The summed E-state index contributed by atoms with van der Waals surface area (Å²) in [5, 5.41) is 21.5. The third kappa shape index (κ3) is 3.98. The van der Waals surface area contributed by atoms with Crippen molar-refractivity contribution in [1.82, 2.24) is 10.3 Å². The molecule has 0 bridgehead atoms. The molecule has 1 atom stereocenters. The van der Waals surface area contributed by atoms with Crippen LogP contribution in [-0.2, 0) is 9.59 Å². The highest BCUT2D eigenvalue weighted by Gasteiger charge is 2.32. The fourth-order valence-corrected chi connectivity index (χ4v) is 2.74. The van der Waals surface area contributed by atoms with Crippen molar-refractivity contribution in [3.05, 3.63) is 35.4 Å². The summed E-state index contributed by atoms with van der Waals surface area (Å²) in [5.41, 5.74) is 3.03. The molecule has 1 aromatic rings. The predicted octanol–water partition coefficient (Wildman–Crippen LogP) is 0.252. The third-order valence-corrected chi connectivity index (χ3v) is 3.92. The highest BCUT2D eigenvalue weighted by Crippen LogP contribution is 2.22. The van der Waals surface area contributed by atoms with Crippen molar-refractivity contribution >= 4 is 35.8 Å². The number of rotatable bonds is 6. The van der Waals surface area contributed by atoms with Crippen molar-refractivity contribution in [2.24, 2.45) is 5.10 Å². The zero-order chi connectivity index (χ0) is 16.1. The van der Waals surface area contributed by atoms with E-state index in [1.54, 1.807) is 12.1 Å². The Morgan fingerprint density at radius 1 is 1.36 bits per heavy atom. The first-order valence-corrected chi connectivity index (χ1v) is 7.27. The lowest BCUT2D eigenvalue weighted by Crippen LogP contribution is -2.42. The van der Waals surface area contributed by atoms with Gasteiger partial charge in [-0.3, -0.25) is 15.0 Å². The summed E-state index contributed by atoms with van der Waals surface area (Å²) < 4.78 is 0. The van der Waals surface area contributed by atoms with E-state index in [1.807, 2.05) is 0 Å². The van der Waals surface area contributed by atoms with Gasteiger partial charge < -0.3 is 15.1 Å². The van der Waals surface area contributed by atoms with Crippen molar-refractivity contribution in [2.75, 3.05) is 12.3 Å². The minimum atomic E-state index is -1.09. The molecule has 1 fully saturated rings. The lowest BCUT2D eigenvalue weighted by atomic mass is 10.1. The first-order chi connectivity index (χ1) is 10.5. The van der Waals surface area contributed by atoms with Gasteiger partial charge in [0.25, 0.3) is 0 Å². The number of amides is 1. The van der Waals surface area contributed by atoms with Crippen LogP contribution in [0.5, 0.6) is 0 Å². The Kier molecular flexibility index (Phi) is 4.99. The molecule has 0 aromatic heterocycles. The average Bonchev–Trinajstić information content (AvgIpc) is 2.80. The molecule has 2 rings (SSSR count). The summed E-state index contributed by atoms with van der Waals surface area (Å²) in [6, 6.07) is 6.09. The van der Waals surface area contributed by atoms with Crippen molar-refractivity contribution < 1.29 is 24.6 Å². The summed E-state index contributed by atoms with van der Waals surface area (Å²) in [6.45, 7) is -0.383. The van der Waals surface area contributed by atoms with Crippen LogP contribution in [0.25, 0.3) is 0 Å². The lowest BCUT2D eigenvalue weighted by molar-refractivity contribution is -0.143. The number of aliphatic carboxylic acids is 1. The minimum absolute atomic E-state index is 0.176. The second-order valence-corrected chi connectivity index (χ2v) is 5.46. The van der Waals surface area contributed by atoms with Crippen LogP contribution in [0.3, 0.4) is 0 Å². The number of nitrogens with one attached hydrogen (secondary N) is 1. The number of thioether (sulfide) groups is 1. The Hall–Kier alpha value is -2.55.